The number of aromatic nitrogens is 4. The van der Waals surface area contributed by atoms with Crippen LogP contribution < -0.4 is 5.32 Å². The average molecular weight is 514 g/mol. The maximum Gasteiger partial charge on any atom is 0.223 e. The summed E-state index contributed by atoms with van der Waals surface area (Å²) >= 11 is 6.40. The van der Waals surface area contributed by atoms with Crippen molar-refractivity contribution in [2.24, 2.45) is 0 Å². The van der Waals surface area contributed by atoms with Crippen LogP contribution in [0.25, 0.3) is 11.4 Å². The summed E-state index contributed by atoms with van der Waals surface area (Å²) in [6.07, 6.45) is 4.41. The predicted molar refractivity (Wildman–Crippen MR) is 131 cm³/mol. The number of halogens is 1. The molecule has 0 unspecified atom stereocenters. The summed E-state index contributed by atoms with van der Waals surface area (Å²) in [7, 11) is -3.56. The zero-order chi connectivity index (χ0) is 25.3. The number of sulfonamides is 1. The summed E-state index contributed by atoms with van der Waals surface area (Å²) in [5, 5.41) is 14.8. The smallest absolute Gasteiger partial charge is 0.223 e. The van der Waals surface area contributed by atoms with Gasteiger partial charge in [0.2, 0.25) is 21.5 Å². The van der Waals surface area contributed by atoms with Crippen LogP contribution in [0.5, 0.6) is 0 Å². The molecule has 0 aliphatic carbocycles. The van der Waals surface area contributed by atoms with E-state index in [1.807, 2.05) is 6.92 Å². The lowest BCUT2D eigenvalue weighted by Crippen LogP contribution is -2.44. The average Bonchev–Trinajstić information content (AvgIpc) is 3.15. The van der Waals surface area contributed by atoms with Gasteiger partial charge in [-0.3, -0.25) is 10.1 Å². The fourth-order valence-electron chi connectivity index (χ4n) is 3.96. The molecule has 2 aromatic heterocycles. The molecule has 0 bridgehead atoms. The highest BCUT2D eigenvalue weighted by Crippen LogP contribution is 2.30. The van der Waals surface area contributed by atoms with Crippen molar-refractivity contribution in [3.05, 3.63) is 33.4 Å². The first-order chi connectivity index (χ1) is 15.8. The first-order valence-corrected chi connectivity index (χ1v) is 13.3. The Hall–Kier alpha value is -2.31. The predicted octanol–water partition coefficient (Wildman–Crippen LogP) is 3.53. The SMILES string of the molecule is Cc1ncc(-c2nc(NC3CCN(S(=O)(=O)CCC(C)(C)[N+](=O)[O-])CC3)ncc2Cl)n1C(C)C. The lowest BCUT2D eigenvalue weighted by molar-refractivity contribution is -0.560. The third-order valence-corrected chi connectivity index (χ3v) is 8.28. The van der Waals surface area contributed by atoms with Crippen LogP contribution in [-0.2, 0) is 10.0 Å². The minimum Gasteiger partial charge on any atom is -0.351 e. The number of imidazole rings is 1. The Morgan fingerprint density at radius 3 is 2.50 bits per heavy atom. The Labute approximate surface area is 205 Å². The zero-order valence-corrected chi connectivity index (χ0v) is 21.7. The molecule has 188 valence electrons. The van der Waals surface area contributed by atoms with E-state index in [0.717, 1.165) is 11.5 Å². The second kappa shape index (κ2) is 10.1. The lowest BCUT2D eigenvalue weighted by Gasteiger charge is -2.32. The van der Waals surface area contributed by atoms with Gasteiger partial charge in [0.25, 0.3) is 0 Å². The number of nitrogens with zero attached hydrogens (tertiary/aromatic N) is 6. The van der Waals surface area contributed by atoms with Crippen molar-refractivity contribution in [2.45, 2.75) is 71.5 Å². The van der Waals surface area contributed by atoms with Gasteiger partial charge < -0.3 is 9.88 Å². The van der Waals surface area contributed by atoms with E-state index in [0.29, 0.717) is 42.6 Å². The molecule has 0 radical (unpaired) electrons. The largest absolute Gasteiger partial charge is 0.351 e. The zero-order valence-electron chi connectivity index (χ0n) is 20.2. The number of nitro groups is 1. The quantitative estimate of drug-likeness (QED) is 0.397. The van der Waals surface area contributed by atoms with Gasteiger partial charge in [-0.15, -0.1) is 0 Å². The summed E-state index contributed by atoms with van der Waals surface area (Å²) in [5.41, 5.74) is 0.114. The molecule has 1 N–H and O–H groups in total. The Balaban J connectivity index is 1.65. The van der Waals surface area contributed by atoms with Crippen molar-refractivity contribution >= 4 is 27.6 Å². The van der Waals surface area contributed by atoms with Crippen LogP contribution in [0.3, 0.4) is 0 Å². The molecule has 0 aromatic carbocycles. The number of hydrogen-bond acceptors (Lipinski definition) is 8. The van der Waals surface area contributed by atoms with E-state index in [4.69, 9.17) is 11.6 Å². The highest BCUT2D eigenvalue weighted by molar-refractivity contribution is 7.89. The summed E-state index contributed by atoms with van der Waals surface area (Å²) in [6, 6.07) is 0.176. The number of aryl methyl sites for hydroxylation is 1. The van der Waals surface area contributed by atoms with E-state index >= 15 is 0 Å². The van der Waals surface area contributed by atoms with Crippen LogP contribution in [0.4, 0.5) is 5.95 Å². The first-order valence-electron chi connectivity index (χ1n) is 11.3. The van der Waals surface area contributed by atoms with Gasteiger partial charge in [0.05, 0.1) is 28.9 Å². The molecule has 0 saturated carbocycles. The molecule has 1 aliphatic heterocycles. The minimum atomic E-state index is -3.56. The molecular weight excluding hydrogens is 482 g/mol. The number of hydrogen-bond donors (Lipinski definition) is 1. The second-order valence-electron chi connectivity index (χ2n) is 9.50. The van der Waals surface area contributed by atoms with E-state index in [-0.39, 0.29) is 24.3 Å². The fourth-order valence-corrected chi connectivity index (χ4v) is 5.93. The summed E-state index contributed by atoms with van der Waals surface area (Å²) in [6.45, 7) is 9.59. The standard InChI is InChI=1S/C21H32ClN7O4S/c1-14(2)28-15(3)23-13-18(28)19-17(22)12-24-20(26-19)25-16-6-9-27(10-7-16)34(32,33)11-8-21(4,5)29(30)31/h12-14,16H,6-11H2,1-5H3,(H,24,25,26). The maximum absolute atomic E-state index is 12.7. The van der Waals surface area contributed by atoms with Gasteiger partial charge in [-0.05, 0) is 33.6 Å². The number of nitrogens with one attached hydrogen (secondary N) is 1. The van der Waals surface area contributed by atoms with Gasteiger partial charge in [-0.25, -0.2) is 27.7 Å². The maximum atomic E-state index is 12.7. The van der Waals surface area contributed by atoms with Crippen molar-refractivity contribution < 1.29 is 13.3 Å². The monoisotopic (exact) mass is 513 g/mol. The molecular formula is C21H32ClN7O4S. The Morgan fingerprint density at radius 1 is 1.26 bits per heavy atom. The van der Waals surface area contributed by atoms with E-state index in [9.17, 15) is 18.5 Å². The van der Waals surface area contributed by atoms with Crippen LogP contribution in [-0.4, -0.2) is 67.6 Å². The summed E-state index contributed by atoms with van der Waals surface area (Å²) in [5.74, 6) is 1.04. The van der Waals surface area contributed by atoms with E-state index < -0.39 is 20.5 Å². The van der Waals surface area contributed by atoms with Crippen molar-refractivity contribution in [2.75, 3.05) is 24.2 Å². The van der Waals surface area contributed by atoms with Gasteiger partial charge in [0.15, 0.2) is 0 Å². The van der Waals surface area contributed by atoms with Crippen LogP contribution >= 0.6 is 11.6 Å². The molecule has 0 amide bonds. The van der Waals surface area contributed by atoms with Gasteiger partial charge in [0.1, 0.15) is 11.5 Å². The van der Waals surface area contributed by atoms with Crippen molar-refractivity contribution in [3.63, 3.8) is 0 Å². The topological polar surface area (TPSA) is 136 Å². The molecule has 13 heteroatoms. The van der Waals surface area contributed by atoms with Gasteiger partial charge in [0, 0.05) is 50.4 Å². The summed E-state index contributed by atoms with van der Waals surface area (Å²) < 4.78 is 28.8. The molecule has 1 saturated heterocycles. The molecule has 34 heavy (non-hydrogen) atoms. The van der Waals surface area contributed by atoms with Crippen LogP contribution in [0, 0.1) is 17.0 Å². The first kappa shape index (κ1) is 26.3. The highest BCUT2D eigenvalue weighted by atomic mass is 35.5. The molecule has 2 aromatic rings. The van der Waals surface area contributed by atoms with Crippen molar-refractivity contribution in [3.8, 4) is 11.4 Å². The fraction of sp³-hybridized carbons (Fsp3) is 0.667. The summed E-state index contributed by atoms with van der Waals surface area (Å²) in [4.78, 5) is 24.0. The van der Waals surface area contributed by atoms with Crippen molar-refractivity contribution in [1.82, 2.24) is 23.8 Å². The Bertz CT molecular complexity index is 1140. The molecule has 1 aliphatic rings. The van der Waals surface area contributed by atoms with Gasteiger partial charge in [-0.1, -0.05) is 11.6 Å². The number of anilines is 1. The molecule has 3 rings (SSSR count). The van der Waals surface area contributed by atoms with Crippen LogP contribution in [0.1, 0.15) is 58.8 Å². The van der Waals surface area contributed by atoms with Crippen LogP contribution in [0.2, 0.25) is 5.02 Å². The van der Waals surface area contributed by atoms with Crippen LogP contribution in [0.15, 0.2) is 12.4 Å². The number of rotatable bonds is 9. The minimum absolute atomic E-state index is 0.00700. The number of piperidine rings is 1. The van der Waals surface area contributed by atoms with E-state index in [1.54, 1.807) is 12.4 Å². The molecule has 11 nitrogen and oxygen atoms in total. The molecule has 3 heterocycles. The Morgan fingerprint density at radius 2 is 1.91 bits per heavy atom. The van der Waals surface area contributed by atoms with Gasteiger partial charge in [-0.2, -0.15) is 0 Å². The van der Waals surface area contributed by atoms with Gasteiger partial charge >= 0.3 is 0 Å². The normalized spacial score (nSPS) is 16.2. The lowest BCUT2D eigenvalue weighted by atomic mass is 10.0. The van der Waals surface area contributed by atoms with Crippen molar-refractivity contribution in [1.29, 1.82) is 0 Å². The second-order valence-corrected chi connectivity index (χ2v) is 12.0. The van der Waals surface area contributed by atoms with E-state index in [2.05, 4.69) is 38.7 Å². The Kier molecular flexibility index (Phi) is 7.83. The molecule has 0 atom stereocenters. The third-order valence-electron chi connectivity index (χ3n) is 6.13. The third kappa shape index (κ3) is 5.84. The highest BCUT2D eigenvalue weighted by Gasteiger charge is 2.35. The molecule has 1 fully saturated rings. The molecule has 0 spiro atoms. The van der Waals surface area contributed by atoms with E-state index in [1.165, 1.54) is 18.2 Å².